The lowest BCUT2D eigenvalue weighted by molar-refractivity contribution is -0.114. The van der Waals surface area contributed by atoms with Gasteiger partial charge in [-0.2, -0.15) is 5.26 Å². The van der Waals surface area contributed by atoms with Gasteiger partial charge in [0.15, 0.2) is 11.5 Å². The third-order valence-electron chi connectivity index (χ3n) is 7.25. The van der Waals surface area contributed by atoms with Gasteiger partial charge in [0.2, 0.25) is 5.91 Å². The molecular formula is C35H32N4O5S2. The maximum atomic E-state index is 13.5. The van der Waals surface area contributed by atoms with Gasteiger partial charge < -0.3 is 25.4 Å². The Morgan fingerprint density at radius 2 is 1.72 bits per heavy atom. The van der Waals surface area contributed by atoms with Crippen molar-refractivity contribution >= 4 is 57.6 Å². The average Bonchev–Trinajstić information content (AvgIpc) is 3.44. The quantitative estimate of drug-likeness (QED) is 0.122. The lowest BCUT2D eigenvalue weighted by Crippen LogP contribution is -2.30. The zero-order valence-electron chi connectivity index (χ0n) is 25.3. The molecule has 0 atom stereocenters. The second-order valence-corrected chi connectivity index (χ2v) is 12.5. The van der Waals surface area contributed by atoms with Crippen LogP contribution in [-0.4, -0.2) is 37.7 Å². The number of nitrogens with zero attached hydrogens (tertiary/aromatic N) is 1. The third-order valence-corrected chi connectivity index (χ3v) is 9.45. The normalized spacial score (nSPS) is 12.3. The summed E-state index contributed by atoms with van der Waals surface area (Å²) in [6.45, 7) is 0. The zero-order chi connectivity index (χ0) is 32.5. The maximum Gasteiger partial charge on any atom is 0.272 e. The summed E-state index contributed by atoms with van der Waals surface area (Å²) < 4.78 is 10.7. The van der Waals surface area contributed by atoms with E-state index in [1.54, 1.807) is 72.8 Å². The van der Waals surface area contributed by atoms with E-state index in [1.807, 2.05) is 6.07 Å². The Hall–Kier alpha value is -5.05. The second-order valence-electron chi connectivity index (χ2n) is 10.3. The number of methoxy groups -OCH3 is 2. The molecule has 0 saturated heterocycles. The summed E-state index contributed by atoms with van der Waals surface area (Å²) >= 11 is 2.81. The van der Waals surface area contributed by atoms with Crippen LogP contribution in [0.4, 0.5) is 10.7 Å². The van der Waals surface area contributed by atoms with Crippen molar-refractivity contribution in [1.29, 1.82) is 5.26 Å². The fourth-order valence-corrected chi connectivity index (χ4v) is 7.01. The van der Waals surface area contributed by atoms with Crippen LogP contribution in [0.2, 0.25) is 0 Å². The van der Waals surface area contributed by atoms with Crippen LogP contribution in [0, 0.1) is 11.3 Å². The van der Waals surface area contributed by atoms with Crippen molar-refractivity contribution < 1.29 is 23.9 Å². The number of benzene rings is 3. The van der Waals surface area contributed by atoms with Crippen molar-refractivity contribution in [3.8, 4) is 17.6 Å². The topological polar surface area (TPSA) is 130 Å². The van der Waals surface area contributed by atoms with E-state index in [1.165, 1.54) is 42.2 Å². The minimum atomic E-state index is -0.537. The second kappa shape index (κ2) is 15.3. The van der Waals surface area contributed by atoms with Gasteiger partial charge in [-0.1, -0.05) is 30.3 Å². The predicted octanol–water partition coefficient (Wildman–Crippen LogP) is 6.66. The minimum absolute atomic E-state index is 0.0189. The van der Waals surface area contributed by atoms with Gasteiger partial charge in [-0.25, -0.2) is 0 Å². The highest BCUT2D eigenvalue weighted by atomic mass is 32.2. The zero-order valence-corrected chi connectivity index (χ0v) is 27.0. The van der Waals surface area contributed by atoms with E-state index in [0.29, 0.717) is 38.9 Å². The van der Waals surface area contributed by atoms with Crippen molar-refractivity contribution in [2.75, 3.05) is 30.6 Å². The molecule has 0 aliphatic heterocycles. The summed E-state index contributed by atoms with van der Waals surface area (Å²) in [4.78, 5) is 41.3. The molecule has 46 heavy (non-hydrogen) atoms. The maximum absolute atomic E-state index is 13.5. The first-order valence-corrected chi connectivity index (χ1v) is 16.4. The van der Waals surface area contributed by atoms with Crippen molar-refractivity contribution in [2.24, 2.45) is 0 Å². The number of anilines is 2. The third kappa shape index (κ3) is 7.96. The highest BCUT2D eigenvalue weighted by molar-refractivity contribution is 8.00. The Morgan fingerprint density at radius 3 is 2.48 bits per heavy atom. The summed E-state index contributed by atoms with van der Waals surface area (Å²) in [7, 11) is 3.05. The first-order chi connectivity index (χ1) is 22.4. The van der Waals surface area contributed by atoms with Crippen LogP contribution in [0.5, 0.6) is 11.5 Å². The number of aryl methyl sites for hydroxylation is 1. The Morgan fingerprint density at radius 1 is 0.935 bits per heavy atom. The molecule has 1 aromatic heterocycles. The number of ether oxygens (including phenoxy) is 2. The lowest BCUT2D eigenvalue weighted by atomic mass is 9.96. The molecule has 0 spiro atoms. The van der Waals surface area contributed by atoms with E-state index in [9.17, 15) is 19.6 Å². The number of amides is 3. The van der Waals surface area contributed by atoms with Gasteiger partial charge in [0.25, 0.3) is 11.8 Å². The van der Waals surface area contributed by atoms with E-state index < -0.39 is 11.8 Å². The monoisotopic (exact) mass is 652 g/mol. The molecule has 1 aliphatic rings. The van der Waals surface area contributed by atoms with E-state index in [0.717, 1.165) is 36.1 Å². The number of carbonyl (C=O) groups is 3. The first kappa shape index (κ1) is 32.3. The van der Waals surface area contributed by atoms with Crippen LogP contribution >= 0.6 is 23.1 Å². The smallest absolute Gasteiger partial charge is 0.272 e. The van der Waals surface area contributed by atoms with Crippen molar-refractivity contribution in [2.45, 2.75) is 30.6 Å². The van der Waals surface area contributed by atoms with E-state index in [4.69, 9.17) is 9.47 Å². The van der Waals surface area contributed by atoms with Gasteiger partial charge in [-0.3, -0.25) is 14.4 Å². The summed E-state index contributed by atoms with van der Waals surface area (Å²) in [5.41, 5.74) is 3.17. The van der Waals surface area contributed by atoms with Crippen molar-refractivity contribution in [1.82, 2.24) is 5.32 Å². The molecule has 0 radical (unpaired) electrons. The molecule has 11 heteroatoms. The van der Waals surface area contributed by atoms with Crippen LogP contribution in [0.15, 0.2) is 83.4 Å². The van der Waals surface area contributed by atoms with Crippen LogP contribution < -0.4 is 25.4 Å². The molecule has 3 aromatic carbocycles. The Kier molecular flexibility index (Phi) is 10.8. The predicted molar refractivity (Wildman–Crippen MR) is 182 cm³/mol. The number of fused-ring (bicyclic) bond motifs is 1. The van der Waals surface area contributed by atoms with Crippen LogP contribution in [-0.2, 0) is 22.4 Å². The van der Waals surface area contributed by atoms with Gasteiger partial charge in [0.05, 0.1) is 25.5 Å². The van der Waals surface area contributed by atoms with Crippen LogP contribution in [0.25, 0.3) is 6.08 Å². The van der Waals surface area contributed by atoms with E-state index in [-0.39, 0.29) is 17.4 Å². The number of hydrogen-bond donors (Lipinski definition) is 3. The lowest BCUT2D eigenvalue weighted by Gasteiger charge is -2.13. The number of hydrogen-bond acceptors (Lipinski definition) is 8. The largest absolute Gasteiger partial charge is 0.493 e. The molecule has 3 N–H and O–H groups in total. The number of thioether (sulfide) groups is 1. The molecule has 1 aliphatic carbocycles. The number of thiophene rings is 1. The molecule has 3 amide bonds. The number of nitriles is 1. The van der Waals surface area contributed by atoms with Crippen molar-refractivity contribution in [3.63, 3.8) is 0 Å². The number of rotatable bonds is 11. The van der Waals surface area contributed by atoms with Gasteiger partial charge in [0.1, 0.15) is 16.8 Å². The van der Waals surface area contributed by atoms with Crippen molar-refractivity contribution in [3.05, 3.63) is 106 Å². The minimum Gasteiger partial charge on any atom is -0.493 e. The summed E-state index contributed by atoms with van der Waals surface area (Å²) in [6, 6.07) is 23.1. The van der Waals surface area contributed by atoms with Gasteiger partial charge in [0, 0.05) is 21.0 Å². The fraction of sp³-hybridized carbons (Fsp3) is 0.200. The number of carbonyl (C=O) groups excluding carboxylic acids is 3. The average molecular weight is 653 g/mol. The van der Waals surface area contributed by atoms with E-state index >= 15 is 0 Å². The first-order valence-electron chi connectivity index (χ1n) is 14.6. The standard InChI is InChI=1S/C35H32N4O5S2/c1-43-29-16-15-22(18-30(29)44-2)17-28(38-33(41)23-9-4-3-5-10-23)34(42)37-24-11-8-12-25(19-24)45-21-32(40)39-35-27(20-36)26-13-6-7-14-31(26)46-35/h3-5,8-12,15-19H,6-7,13-14,21H2,1-2H3,(H,37,42)(H,38,41)(H,39,40)/b28-17+. The molecule has 0 bridgehead atoms. The fourth-order valence-electron chi connectivity index (χ4n) is 5.00. The molecular weight excluding hydrogens is 621 g/mol. The van der Waals surface area contributed by atoms with Gasteiger partial charge >= 0.3 is 0 Å². The molecule has 0 fully saturated rings. The molecule has 0 unspecified atom stereocenters. The molecule has 0 saturated carbocycles. The molecule has 1 heterocycles. The molecule has 5 rings (SSSR count). The molecule has 234 valence electrons. The van der Waals surface area contributed by atoms with Crippen LogP contribution in [0.1, 0.15) is 44.8 Å². The molecule has 4 aromatic rings. The van der Waals surface area contributed by atoms with Crippen LogP contribution in [0.3, 0.4) is 0 Å². The highest BCUT2D eigenvalue weighted by Crippen LogP contribution is 2.38. The summed E-state index contributed by atoms with van der Waals surface area (Å²) in [6.07, 6.45) is 5.53. The van der Waals surface area contributed by atoms with Gasteiger partial charge in [-0.15, -0.1) is 23.1 Å². The highest BCUT2D eigenvalue weighted by Gasteiger charge is 2.22. The summed E-state index contributed by atoms with van der Waals surface area (Å²) in [5.74, 6) is -0.0573. The molecule has 9 nitrogen and oxygen atoms in total. The van der Waals surface area contributed by atoms with E-state index in [2.05, 4.69) is 22.0 Å². The Bertz CT molecular complexity index is 1830. The number of nitrogens with one attached hydrogen (secondary N) is 3. The summed E-state index contributed by atoms with van der Waals surface area (Å²) in [5, 5.41) is 18.8. The SMILES string of the molecule is COc1ccc(/C=C(/NC(=O)c2ccccc2)C(=O)Nc2cccc(SCC(=O)Nc3sc4c(c3C#N)CCCC4)c2)cc1OC. The van der Waals surface area contributed by atoms with Gasteiger partial charge in [-0.05, 0) is 85.4 Å². The Labute approximate surface area is 275 Å². The Balaban J connectivity index is 1.29.